The van der Waals surface area contributed by atoms with E-state index < -0.39 is 12.2 Å². The second-order valence-corrected chi connectivity index (χ2v) is 10.9. The molecule has 5 atom stereocenters. The summed E-state index contributed by atoms with van der Waals surface area (Å²) in [5.41, 5.74) is 2.40. The summed E-state index contributed by atoms with van der Waals surface area (Å²) in [5, 5.41) is 20.4. The Hall–Kier alpha value is -2.99. The van der Waals surface area contributed by atoms with Gasteiger partial charge in [-0.3, -0.25) is 9.69 Å². The van der Waals surface area contributed by atoms with Crippen molar-refractivity contribution >= 4 is 17.6 Å². The van der Waals surface area contributed by atoms with E-state index in [4.69, 9.17) is 14.0 Å². The molecule has 3 aliphatic rings. The molecule has 0 saturated carbocycles. The van der Waals surface area contributed by atoms with Crippen molar-refractivity contribution in [3.63, 3.8) is 0 Å². The van der Waals surface area contributed by atoms with Crippen LogP contribution in [0.5, 0.6) is 0 Å². The number of nitrogens with one attached hydrogen (secondary N) is 2. The normalized spacial score (nSPS) is 27.9. The number of aromatic nitrogens is 1. The number of aryl methyl sites for hydroxylation is 2. The number of nitrogens with zero attached hydrogens (tertiary/aromatic N) is 3. The molecule has 11 heteroatoms. The van der Waals surface area contributed by atoms with Crippen LogP contribution in [-0.2, 0) is 20.8 Å². The topological polar surface area (TPSA) is 129 Å². The maximum atomic E-state index is 13.3. The molecule has 0 aliphatic carbocycles. The molecule has 0 bridgehead atoms. The molecule has 0 unspecified atom stereocenters. The molecule has 0 spiro atoms. The summed E-state index contributed by atoms with van der Waals surface area (Å²) in [6.07, 6.45) is 1.01. The van der Waals surface area contributed by atoms with Gasteiger partial charge in [0.15, 0.2) is 5.76 Å². The summed E-state index contributed by atoms with van der Waals surface area (Å²) < 4.78 is 17.2. The lowest BCUT2D eigenvalue weighted by molar-refractivity contribution is -0.150. The first kappa shape index (κ1) is 27.6. The number of carbonyl (C=O) groups excluding carboxylic acids is 2. The molecule has 1 aromatic carbocycles. The lowest BCUT2D eigenvalue weighted by Gasteiger charge is -2.44. The largest absolute Gasteiger partial charge is 0.389 e. The zero-order chi connectivity index (χ0) is 27.4. The van der Waals surface area contributed by atoms with Gasteiger partial charge in [0.25, 0.3) is 0 Å². The first-order valence-electron chi connectivity index (χ1n) is 13.8. The van der Waals surface area contributed by atoms with Gasteiger partial charge < -0.3 is 34.6 Å². The molecule has 0 radical (unpaired) electrons. The van der Waals surface area contributed by atoms with Crippen molar-refractivity contribution < 1.29 is 28.7 Å². The van der Waals surface area contributed by atoms with E-state index in [1.165, 1.54) is 5.56 Å². The lowest BCUT2D eigenvalue weighted by atomic mass is 9.95. The maximum absolute atomic E-state index is 13.3. The first-order chi connectivity index (χ1) is 18.9. The van der Waals surface area contributed by atoms with Crippen LogP contribution < -0.4 is 10.6 Å². The third-order valence-electron chi connectivity index (χ3n) is 7.81. The van der Waals surface area contributed by atoms with Crippen LogP contribution in [0, 0.1) is 13.8 Å². The molecule has 3 saturated heterocycles. The van der Waals surface area contributed by atoms with Crippen molar-refractivity contribution in [3.8, 4) is 0 Å². The van der Waals surface area contributed by atoms with Gasteiger partial charge in [-0.1, -0.05) is 35.5 Å². The minimum Gasteiger partial charge on any atom is -0.389 e. The highest BCUT2D eigenvalue weighted by molar-refractivity contribution is 5.90. The average Bonchev–Trinajstić information content (AvgIpc) is 3.47. The summed E-state index contributed by atoms with van der Waals surface area (Å²) in [5.74, 6) is 0.505. The SMILES string of the molecule is Cc1noc(C)c1NC(=O)N1C[C@H](O)COC[C@@H]2O[C@H](CC(=O)N[C@@H]3CCN(Cc4ccccc4)C3)CC[C@H]21. The lowest BCUT2D eigenvalue weighted by Crippen LogP contribution is -2.58. The number of benzene rings is 1. The zero-order valence-electron chi connectivity index (χ0n) is 22.7. The first-order valence-corrected chi connectivity index (χ1v) is 13.8. The Morgan fingerprint density at radius 2 is 1.92 bits per heavy atom. The molecule has 1 aromatic heterocycles. The monoisotopic (exact) mass is 541 g/mol. The number of β-amino-alcohol motifs (C(OH)–C–C–N with tert-alkyl or cyclic N) is 1. The molecule has 39 heavy (non-hydrogen) atoms. The van der Waals surface area contributed by atoms with Gasteiger partial charge in [-0.25, -0.2) is 4.79 Å². The summed E-state index contributed by atoms with van der Waals surface area (Å²) in [6.45, 7) is 6.64. The number of aliphatic hydroxyl groups is 1. The number of ether oxygens (including phenoxy) is 2. The van der Waals surface area contributed by atoms with Crippen LogP contribution in [0.2, 0.25) is 0 Å². The second kappa shape index (κ2) is 12.5. The standard InChI is InChI=1S/C28H39N5O6/c1-18-27(19(2)39-31-18)30-28(36)33-15-22(34)16-37-17-25-24(33)9-8-23(38-25)12-26(35)29-21-10-11-32(14-21)13-20-6-4-3-5-7-20/h3-7,21-25,34H,8-17H2,1-2H3,(H,29,35)(H,30,36)/t21-,22+,23+,24-,25+/m1/s1. The second-order valence-electron chi connectivity index (χ2n) is 10.9. The fourth-order valence-electron chi connectivity index (χ4n) is 5.84. The fraction of sp³-hybridized carbons (Fsp3) is 0.607. The van der Waals surface area contributed by atoms with Crippen molar-refractivity contribution in [1.82, 2.24) is 20.3 Å². The van der Waals surface area contributed by atoms with Gasteiger partial charge in [0, 0.05) is 25.7 Å². The minimum atomic E-state index is -0.808. The molecule has 5 rings (SSSR count). The van der Waals surface area contributed by atoms with Crippen LogP contribution in [0.25, 0.3) is 0 Å². The van der Waals surface area contributed by atoms with E-state index >= 15 is 0 Å². The van der Waals surface area contributed by atoms with Crippen molar-refractivity contribution in [2.75, 3.05) is 38.2 Å². The van der Waals surface area contributed by atoms with Crippen molar-refractivity contribution in [2.45, 2.75) is 76.5 Å². The number of carbonyl (C=O) groups is 2. The summed E-state index contributed by atoms with van der Waals surface area (Å²) in [6, 6.07) is 9.86. The number of hydrogen-bond donors (Lipinski definition) is 3. The maximum Gasteiger partial charge on any atom is 0.322 e. The van der Waals surface area contributed by atoms with Crippen LogP contribution in [0.1, 0.15) is 42.7 Å². The average molecular weight is 542 g/mol. The van der Waals surface area contributed by atoms with Crippen molar-refractivity contribution in [3.05, 3.63) is 47.3 Å². The van der Waals surface area contributed by atoms with Gasteiger partial charge in [0.1, 0.15) is 17.5 Å². The smallest absolute Gasteiger partial charge is 0.322 e. The predicted octanol–water partition coefficient (Wildman–Crippen LogP) is 2.21. The van der Waals surface area contributed by atoms with E-state index in [9.17, 15) is 14.7 Å². The van der Waals surface area contributed by atoms with E-state index in [-0.39, 0.29) is 56.3 Å². The van der Waals surface area contributed by atoms with E-state index in [1.807, 2.05) is 18.2 Å². The van der Waals surface area contributed by atoms with Gasteiger partial charge in [-0.2, -0.15) is 0 Å². The van der Waals surface area contributed by atoms with E-state index in [1.54, 1.807) is 18.7 Å². The number of urea groups is 1. The molecule has 3 N–H and O–H groups in total. The number of fused-ring (bicyclic) bond motifs is 1. The van der Waals surface area contributed by atoms with Crippen LogP contribution >= 0.6 is 0 Å². The summed E-state index contributed by atoms with van der Waals surface area (Å²) in [7, 11) is 0. The van der Waals surface area contributed by atoms with Gasteiger partial charge in [0.2, 0.25) is 5.91 Å². The highest BCUT2D eigenvalue weighted by Gasteiger charge is 2.40. The summed E-state index contributed by atoms with van der Waals surface area (Å²) >= 11 is 0. The number of anilines is 1. The molecule has 212 valence electrons. The Balaban J connectivity index is 1.14. The number of aliphatic hydroxyl groups excluding tert-OH is 1. The number of amides is 3. The quantitative estimate of drug-likeness (QED) is 0.508. The van der Waals surface area contributed by atoms with Gasteiger partial charge in [-0.15, -0.1) is 0 Å². The van der Waals surface area contributed by atoms with Gasteiger partial charge in [0.05, 0.1) is 44.4 Å². The molecule has 11 nitrogen and oxygen atoms in total. The van der Waals surface area contributed by atoms with Gasteiger partial charge in [-0.05, 0) is 38.7 Å². The Morgan fingerprint density at radius 3 is 2.69 bits per heavy atom. The molecular formula is C28H39N5O6. The summed E-state index contributed by atoms with van der Waals surface area (Å²) in [4.78, 5) is 30.2. The van der Waals surface area contributed by atoms with Crippen LogP contribution in [0.3, 0.4) is 0 Å². The fourth-order valence-corrected chi connectivity index (χ4v) is 5.84. The van der Waals surface area contributed by atoms with Crippen molar-refractivity contribution in [1.29, 1.82) is 0 Å². The Labute approximate surface area is 228 Å². The minimum absolute atomic E-state index is 0.0137. The highest BCUT2D eigenvalue weighted by Crippen LogP contribution is 2.29. The van der Waals surface area contributed by atoms with Crippen LogP contribution in [0.15, 0.2) is 34.9 Å². The predicted molar refractivity (Wildman–Crippen MR) is 143 cm³/mol. The van der Waals surface area contributed by atoms with Crippen LogP contribution in [-0.4, -0.2) is 95.2 Å². The van der Waals surface area contributed by atoms with E-state index in [0.29, 0.717) is 30.0 Å². The zero-order valence-corrected chi connectivity index (χ0v) is 22.7. The third kappa shape index (κ3) is 6.96. The molecule has 3 aliphatic heterocycles. The van der Waals surface area contributed by atoms with Crippen LogP contribution in [0.4, 0.5) is 10.5 Å². The highest BCUT2D eigenvalue weighted by atomic mass is 16.5. The molecule has 4 heterocycles. The van der Waals surface area contributed by atoms with E-state index in [2.05, 4.69) is 32.8 Å². The third-order valence-corrected chi connectivity index (χ3v) is 7.81. The number of hydrogen-bond acceptors (Lipinski definition) is 8. The Morgan fingerprint density at radius 1 is 1.10 bits per heavy atom. The molecule has 2 aromatic rings. The molecular weight excluding hydrogens is 502 g/mol. The van der Waals surface area contributed by atoms with Crippen molar-refractivity contribution in [2.24, 2.45) is 0 Å². The van der Waals surface area contributed by atoms with E-state index in [0.717, 1.165) is 26.1 Å². The van der Waals surface area contributed by atoms with Gasteiger partial charge >= 0.3 is 6.03 Å². The molecule has 3 amide bonds. The Kier molecular flexibility index (Phi) is 8.81. The number of likely N-dealkylation sites (tertiary alicyclic amines) is 1. The molecule has 3 fully saturated rings. The number of rotatable bonds is 6. The Bertz CT molecular complexity index is 1110.